The van der Waals surface area contributed by atoms with Gasteiger partial charge in [0.1, 0.15) is 0 Å². The number of carbonyl (C=O) groups is 1. The topological polar surface area (TPSA) is 46.9 Å². The van der Waals surface area contributed by atoms with Crippen molar-refractivity contribution in [2.75, 3.05) is 11.1 Å². The molecule has 1 aromatic carbocycles. The molecule has 4 nitrogen and oxygen atoms in total. The average molecular weight is 400 g/mol. The summed E-state index contributed by atoms with van der Waals surface area (Å²) >= 11 is 13.8. The summed E-state index contributed by atoms with van der Waals surface area (Å²) in [6.07, 6.45) is 0. The van der Waals surface area contributed by atoms with Gasteiger partial charge in [0.05, 0.1) is 27.2 Å². The largest absolute Gasteiger partial charge is 0.323 e. The molecule has 0 saturated carbocycles. The molecule has 0 aliphatic rings. The van der Waals surface area contributed by atoms with Gasteiger partial charge in [0.2, 0.25) is 5.91 Å². The second-order valence-corrected chi connectivity index (χ2v) is 8.19. The SMILES string of the molecule is Cc1ccc(Cl)c(NC(=O)CSc2nc(C)c(C)n2CC(C)C)c1Cl. The van der Waals surface area contributed by atoms with E-state index < -0.39 is 0 Å². The summed E-state index contributed by atoms with van der Waals surface area (Å²) in [4.78, 5) is 16.9. The minimum Gasteiger partial charge on any atom is -0.323 e. The zero-order valence-corrected chi connectivity index (χ0v) is 17.4. The molecule has 0 unspecified atom stereocenters. The zero-order valence-electron chi connectivity index (χ0n) is 15.1. The van der Waals surface area contributed by atoms with Crippen LogP contribution in [0.15, 0.2) is 17.3 Å². The van der Waals surface area contributed by atoms with Gasteiger partial charge in [-0.1, -0.05) is 54.9 Å². The number of benzene rings is 1. The maximum absolute atomic E-state index is 12.3. The lowest BCUT2D eigenvalue weighted by atomic mass is 10.2. The van der Waals surface area contributed by atoms with E-state index in [1.165, 1.54) is 11.8 Å². The molecule has 0 aliphatic heterocycles. The molecule has 1 N–H and O–H groups in total. The highest BCUT2D eigenvalue weighted by Crippen LogP contribution is 2.33. The van der Waals surface area contributed by atoms with Crippen LogP contribution in [0.2, 0.25) is 10.0 Å². The number of hydrogen-bond acceptors (Lipinski definition) is 3. The number of aromatic nitrogens is 2. The number of nitrogens with zero attached hydrogens (tertiary/aromatic N) is 2. The van der Waals surface area contributed by atoms with Crippen molar-refractivity contribution in [3.63, 3.8) is 0 Å². The summed E-state index contributed by atoms with van der Waals surface area (Å²) in [6.45, 7) is 11.1. The highest BCUT2D eigenvalue weighted by Gasteiger charge is 2.16. The number of aryl methyl sites for hydroxylation is 2. The molecular weight excluding hydrogens is 377 g/mol. The normalized spacial score (nSPS) is 11.2. The fourth-order valence-electron chi connectivity index (χ4n) is 2.39. The van der Waals surface area contributed by atoms with E-state index in [4.69, 9.17) is 23.2 Å². The lowest BCUT2D eigenvalue weighted by Crippen LogP contribution is -2.16. The number of thioether (sulfide) groups is 1. The lowest BCUT2D eigenvalue weighted by Gasteiger charge is -2.13. The van der Waals surface area contributed by atoms with Crippen LogP contribution < -0.4 is 5.32 Å². The Morgan fingerprint density at radius 1 is 1.28 bits per heavy atom. The number of amides is 1. The van der Waals surface area contributed by atoms with Crippen LogP contribution in [-0.2, 0) is 11.3 Å². The Morgan fingerprint density at radius 2 is 1.96 bits per heavy atom. The van der Waals surface area contributed by atoms with Gasteiger partial charge in [0.15, 0.2) is 5.16 Å². The lowest BCUT2D eigenvalue weighted by molar-refractivity contribution is -0.113. The van der Waals surface area contributed by atoms with Gasteiger partial charge < -0.3 is 9.88 Å². The van der Waals surface area contributed by atoms with Gasteiger partial charge in [-0.15, -0.1) is 0 Å². The molecular formula is C18H23Cl2N3OS. The Kier molecular flexibility index (Phi) is 6.83. The van der Waals surface area contributed by atoms with Gasteiger partial charge in [0.25, 0.3) is 0 Å². The molecule has 0 saturated heterocycles. The average Bonchev–Trinajstić information content (AvgIpc) is 2.80. The minimum atomic E-state index is -0.159. The van der Waals surface area contributed by atoms with Crippen LogP contribution in [0.4, 0.5) is 5.69 Å². The molecule has 0 bridgehead atoms. The van der Waals surface area contributed by atoms with Gasteiger partial charge >= 0.3 is 0 Å². The van der Waals surface area contributed by atoms with Crippen molar-refractivity contribution in [2.24, 2.45) is 5.92 Å². The third-order valence-corrected chi connectivity index (χ3v) is 5.63. The highest BCUT2D eigenvalue weighted by atomic mass is 35.5. The van der Waals surface area contributed by atoms with E-state index in [-0.39, 0.29) is 11.7 Å². The van der Waals surface area contributed by atoms with Crippen molar-refractivity contribution < 1.29 is 4.79 Å². The summed E-state index contributed by atoms with van der Waals surface area (Å²) in [5, 5.41) is 4.58. The summed E-state index contributed by atoms with van der Waals surface area (Å²) in [5.74, 6) is 0.591. The first-order chi connectivity index (χ1) is 11.7. The number of imidazole rings is 1. The van der Waals surface area contributed by atoms with Crippen molar-refractivity contribution in [1.82, 2.24) is 9.55 Å². The Hall–Kier alpha value is -1.17. The van der Waals surface area contributed by atoms with Crippen molar-refractivity contribution in [3.8, 4) is 0 Å². The molecule has 0 spiro atoms. The molecule has 2 aromatic rings. The number of halogens is 2. The van der Waals surface area contributed by atoms with Crippen LogP contribution in [0, 0.1) is 26.7 Å². The fourth-order valence-corrected chi connectivity index (χ4v) is 3.76. The molecule has 1 aromatic heterocycles. The van der Waals surface area contributed by atoms with E-state index in [2.05, 4.69) is 35.6 Å². The highest BCUT2D eigenvalue weighted by molar-refractivity contribution is 7.99. The predicted molar refractivity (Wildman–Crippen MR) is 107 cm³/mol. The molecule has 1 heterocycles. The quantitative estimate of drug-likeness (QED) is 0.651. The minimum absolute atomic E-state index is 0.159. The van der Waals surface area contributed by atoms with Crippen LogP contribution in [0.5, 0.6) is 0 Å². The number of carbonyl (C=O) groups excluding carboxylic acids is 1. The molecule has 2 rings (SSSR count). The monoisotopic (exact) mass is 399 g/mol. The molecule has 7 heteroatoms. The first kappa shape index (κ1) is 20.1. The molecule has 0 atom stereocenters. The summed E-state index contributed by atoms with van der Waals surface area (Å²) in [5.41, 5.74) is 3.47. The molecule has 136 valence electrons. The number of nitrogens with one attached hydrogen (secondary N) is 1. The number of rotatable bonds is 6. The second-order valence-electron chi connectivity index (χ2n) is 6.46. The Bertz CT molecular complexity index is 787. The Balaban J connectivity index is 2.09. The predicted octanol–water partition coefficient (Wildman–Crippen LogP) is 5.50. The fraction of sp³-hybridized carbons (Fsp3) is 0.444. The van der Waals surface area contributed by atoms with Gasteiger partial charge in [0, 0.05) is 12.2 Å². The molecule has 0 radical (unpaired) electrons. The standard InChI is InChI=1S/C18H23Cl2N3OS/c1-10(2)8-23-13(5)12(4)21-18(23)25-9-15(24)22-17-14(19)7-6-11(3)16(17)20/h6-7,10H,8-9H2,1-5H3,(H,22,24). The first-order valence-corrected chi connectivity index (χ1v) is 9.85. The van der Waals surface area contributed by atoms with Crippen molar-refractivity contribution in [2.45, 2.75) is 46.3 Å². The van der Waals surface area contributed by atoms with E-state index in [1.807, 2.05) is 19.9 Å². The van der Waals surface area contributed by atoms with Crippen LogP contribution in [-0.4, -0.2) is 21.2 Å². The van der Waals surface area contributed by atoms with Gasteiger partial charge in [-0.25, -0.2) is 4.98 Å². The zero-order chi connectivity index (χ0) is 18.7. The van der Waals surface area contributed by atoms with Crippen molar-refractivity contribution in [3.05, 3.63) is 39.1 Å². The summed E-state index contributed by atoms with van der Waals surface area (Å²) in [6, 6.07) is 3.55. The van der Waals surface area contributed by atoms with Crippen LogP contribution in [0.25, 0.3) is 0 Å². The summed E-state index contributed by atoms with van der Waals surface area (Å²) < 4.78 is 2.17. The molecule has 25 heavy (non-hydrogen) atoms. The maximum atomic E-state index is 12.3. The summed E-state index contributed by atoms with van der Waals surface area (Å²) in [7, 11) is 0. The third kappa shape index (κ3) is 4.93. The van der Waals surface area contributed by atoms with Gasteiger partial charge in [-0.3, -0.25) is 4.79 Å². The van der Waals surface area contributed by atoms with E-state index >= 15 is 0 Å². The van der Waals surface area contributed by atoms with E-state index in [9.17, 15) is 4.79 Å². The number of hydrogen-bond donors (Lipinski definition) is 1. The maximum Gasteiger partial charge on any atom is 0.234 e. The van der Waals surface area contributed by atoms with Crippen molar-refractivity contribution >= 4 is 46.6 Å². The van der Waals surface area contributed by atoms with Crippen molar-refractivity contribution in [1.29, 1.82) is 0 Å². The molecule has 0 aliphatic carbocycles. The van der Waals surface area contributed by atoms with Gasteiger partial charge in [-0.2, -0.15) is 0 Å². The smallest absolute Gasteiger partial charge is 0.234 e. The van der Waals surface area contributed by atoms with E-state index in [1.54, 1.807) is 6.07 Å². The second kappa shape index (κ2) is 8.47. The Labute approximate surface area is 163 Å². The van der Waals surface area contributed by atoms with E-state index in [0.29, 0.717) is 21.7 Å². The van der Waals surface area contributed by atoms with Crippen LogP contribution >= 0.6 is 35.0 Å². The molecule has 0 fully saturated rings. The number of anilines is 1. The third-order valence-electron chi connectivity index (χ3n) is 3.85. The van der Waals surface area contributed by atoms with Gasteiger partial charge in [-0.05, 0) is 38.3 Å². The van der Waals surface area contributed by atoms with Crippen LogP contribution in [0.3, 0.4) is 0 Å². The molecule has 1 amide bonds. The van der Waals surface area contributed by atoms with E-state index in [0.717, 1.165) is 28.7 Å². The first-order valence-electron chi connectivity index (χ1n) is 8.11. The van der Waals surface area contributed by atoms with Crippen LogP contribution in [0.1, 0.15) is 30.8 Å². The Morgan fingerprint density at radius 3 is 2.60 bits per heavy atom.